The van der Waals surface area contributed by atoms with Crippen LogP contribution in [0.15, 0.2) is 53.5 Å². The lowest BCUT2D eigenvalue weighted by Crippen LogP contribution is -2.36. The quantitative estimate of drug-likeness (QED) is 0.545. The van der Waals surface area contributed by atoms with Gasteiger partial charge in [-0.25, -0.2) is 9.07 Å². The second kappa shape index (κ2) is 5.17. The molecule has 0 aliphatic heterocycles. The van der Waals surface area contributed by atoms with Crippen molar-refractivity contribution >= 4 is 33.4 Å². The first-order chi connectivity index (χ1) is 12.1. The molecule has 1 saturated carbocycles. The Morgan fingerprint density at radius 3 is 2.64 bits per heavy atom. The van der Waals surface area contributed by atoms with Crippen molar-refractivity contribution in [3.63, 3.8) is 0 Å². The lowest BCUT2D eigenvalue weighted by molar-refractivity contribution is -0.674. The number of pyridine rings is 1. The molecule has 0 bridgehead atoms. The number of hydrogen-bond acceptors (Lipinski definition) is 1. The van der Waals surface area contributed by atoms with Gasteiger partial charge in [-0.15, -0.1) is 0 Å². The Bertz CT molecular complexity index is 1190. The molecule has 0 amide bonds. The molecule has 1 aliphatic rings. The lowest BCUT2D eigenvalue weighted by Gasteiger charge is -2.01. The van der Waals surface area contributed by atoms with E-state index in [0.29, 0.717) is 33.2 Å². The Morgan fingerprint density at radius 2 is 1.92 bits per heavy atom. The number of aromatic amines is 1. The first kappa shape index (κ1) is 14.7. The van der Waals surface area contributed by atoms with Crippen LogP contribution in [0, 0.1) is 5.82 Å². The highest BCUT2D eigenvalue weighted by atomic mass is 35.5. The van der Waals surface area contributed by atoms with E-state index in [0.717, 1.165) is 18.2 Å². The van der Waals surface area contributed by atoms with Gasteiger partial charge in [-0.3, -0.25) is 9.89 Å². The normalized spacial score (nSPS) is 14.5. The van der Waals surface area contributed by atoms with E-state index in [9.17, 15) is 9.18 Å². The number of benzene rings is 2. The summed E-state index contributed by atoms with van der Waals surface area (Å²) in [6, 6.07) is 12.3. The maximum absolute atomic E-state index is 14.5. The molecule has 0 unspecified atom stereocenters. The van der Waals surface area contributed by atoms with Crippen LogP contribution in [0.1, 0.15) is 18.9 Å². The fourth-order valence-corrected chi connectivity index (χ4v) is 3.51. The molecule has 5 rings (SSSR count). The third-order valence-corrected chi connectivity index (χ3v) is 4.98. The first-order valence-corrected chi connectivity index (χ1v) is 8.54. The molecular formula is C19H14ClFN3O+. The number of halogens is 2. The number of H-pyrrole nitrogens is 1. The first-order valence-electron chi connectivity index (χ1n) is 8.16. The summed E-state index contributed by atoms with van der Waals surface area (Å²) in [7, 11) is 0. The van der Waals surface area contributed by atoms with Gasteiger partial charge in [0.1, 0.15) is 11.3 Å². The highest BCUT2D eigenvalue weighted by Gasteiger charge is 2.36. The summed E-state index contributed by atoms with van der Waals surface area (Å²) in [5.41, 5.74) is 1.52. The summed E-state index contributed by atoms with van der Waals surface area (Å²) < 4.78 is 17.9. The van der Waals surface area contributed by atoms with Crippen molar-refractivity contribution in [1.82, 2.24) is 9.78 Å². The molecule has 0 spiro atoms. The second-order valence-electron chi connectivity index (χ2n) is 6.42. The Morgan fingerprint density at radius 1 is 1.16 bits per heavy atom. The summed E-state index contributed by atoms with van der Waals surface area (Å²) in [5.74, 6) is -0.338. The van der Waals surface area contributed by atoms with Crippen molar-refractivity contribution in [2.24, 2.45) is 0 Å². The highest BCUT2D eigenvalue weighted by Crippen LogP contribution is 2.32. The lowest BCUT2D eigenvalue weighted by atomic mass is 10.1. The molecule has 0 radical (unpaired) electrons. The van der Waals surface area contributed by atoms with Gasteiger partial charge >= 0.3 is 5.56 Å². The van der Waals surface area contributed by atoms with Crippen LogP contribution in [0.4, 0.5) is 4.39 Å². The third kappa shape index (κ3) is 2.19. The molecule has 124 valence electrons. The van der Waals surface area contributed by atoms with E-state index < -0.39 is 0 Å². The van der Waals surface area contributed by atoms with Crippen LogP contribution >= 0.6 is 11.6 Å². The Labute approximate surface area is 147 Å². The monoisotopic (exact) mass is 354 g/mol. The topological polar surface area (TPSA) is 41.7 Å². The van der Waals surface area contributed by atoms with Gasteiger partial charge in [0.05, 0.1) is 16.5 Å². The average Bonchev–Trinajstić information content (AvgIpc) is 3.39. The number of hydrogen-bond donors (Lipinski definition) is 1. The highest BCUT2D eigenvalue weighted by molar-refractivity contribution is 6.30. The second-order valence-corrected chi connectivity index (χ2v) is 6.86. The van der Waals surface area contributed by atoms with Crippen LogP contribution in [0.3, 0.4) is 0 Å². The van der Waals surface area contributed by atoms with Crippen LogP contribution in [0.2, 0.25) is 5.02 Å². The molecule has 1 fully saturated rings. The van der Waals surface area contributed by atoms with E-state index >= 15 is 0 Å². The summed E-state index contributed by atoms with van der Waals surface area (Å²) in [6.45, 7) is 0. The van der Waals surface area contributed by atoms with Crippen LogP contribution in [0.5, 0.6) is 0 Å². The van der Waals surface area contributed by atoms with Crippen LogP contribution in [-0.2, 0) is 0 Å². The molecule has 25 heavy (non-hydrogen) atoms. The van der Waals surface area contributed by atoms with E-state index in [1.54, 1.807) is 30.3 Å². The van der Waals surface area contributed by atoms with Crippen LogP contribution in [0.25, 0.3) is 27.5 Å². The molecule has 2 aromatic carbocycles. The zero-order valence-corrected chi connectivity index (χ0v) is 13.9. The largest absolute Gasteiger partial charge is 0.344 e. The number of nitrogens with zero attached hydrogens (tertiary/aromatic N) is 2. The minimum absolute atomic E-state index is 0.186. The van der Waals surface area contributed by atoms with Crippen LogP contribution in [-0.4, -0.2) is 9.78 Å². The Hall–Kier alpha value is -2.66. The Balaban J connectivity index is 1.92. The number of nitrogens with one attached hydrogen (secondary N) is 1. The van der Waals surface area contributed by atoms with Crippen molar-refractivity contribution in [1.29, 1.82) is 0 Å². The molecule has 0 atom stereocenters. The molecule has 0 saturated heterocycles. The number of fused-ring (bicyclic) bond motifs is 3. The van der Waals surface area contributed by atoms with Crippen molar-refractivity contribution in [2.45, 2.75) is 18.9 Å². The standard InChI is InChI=1S/C19H13ClFN3O/c20-12-4-6-14(7-5-12)24-19(25)18-17(22-24)16-11(2-1-3-15(16)21)10-23(18)13-8-9-13/h1-7,10,13H,8-9H2/p+1. The molecule has 2 heterocycles. The van der Waals surface area contributed by atoms with Gasteiger partial charge in [0.2, 0.25) is 0 Å². The van der Waals surface area contributed by atoms with E-state index in [-0.39, 0.29) is 11.4 Å². The molecular weight excluding hydrogens is 341 g/mol. The minimum Gasteiger partial charge on any atom is -0.284 e. The van der Waals surface area contributed by atoms with Gasteiger partial charge in [0.15, 0.2) is 12.2 Å². The summed E-state index contributed by atoms with van der Waals surface area (Å²) in [6.07, 6.45) is 3.96. The minimum atomic E-state index is -0.338. The summed E-state index contributed by atoms with van der Waals surface area (Å²) in [4.78, 5) is 13.1. The van der Waals surface area contributed by atoms with Crippen molar-refractivity contribution in [3.05, 3.63) is 69.9 Å². The molecule has 1 aliphatic carbocycles. The molecule has 1 N–H and O–H groups in total. The molecule has 2 aromatic heterocycles. The third-order valence-electron chi connectivity index (χ3n) is 4.72. The molecule has 4 aromatic rings. The Kier molecular flexibility index (Phi) is 3.03. The van der Waals surface area contributed by atoms with Gasteiger partial charge < -0.3 is 0 Å². The number of rotatable bonds is 2. The van der Waals surface area contributed by atoms with Crippen molar-refractivity contribution in [2.75, 3.05) is 0 Å². The van der Waals surface area contributed by atoms with Gasteiger partial charge in [-0.05, 0) is 36.4 Å². The zero-order valence-electron chi connectivity index (χ0n) is 13.2. The van der Waals surface area contributed by atoms with E-state index in [4.69, 9.17) is 11.6 Å². The predicted octanol–water partition coefficient (Wildman–Crippen LogP) is 3.89. The fourth-order valence-electron chi connectivity index (χ4n) is 3.38. The van der Waals surface area contributed by atoms with E-state index in [1.165, 1.54) is 10.7 Å². The van der Waals surface area contributed by atoms with Crippen molar-refractivity contribution < 1.29 is 8.96 Å². The SMILES string of the molecule is O=c1c2c([nH]n1-c1ccc(Cl)cc1)c1c(F)cccc1c[n+]2C1CC1. The molecule has 4 nitrogen and oxygen atoms in total. The number of aromatic nitrogens is 3. The van der Waals surface area contributed by atoms with Crippen molar-refractivity contribution in [3.8, 4) is 5.69 Å². The van der Waals surface area contributed by atoms with Crippen LogP contribution < -0.4 is 10.1 Å². The van der Waals surface area contributed by atoms with Gasteiger partial charge in [-0.1, -0.05) is 17.7 Å². The van der Waals surface area contributed by atoms with E-state index in [2.05, 4.69) is 5.10 Å². The smallest absolute Gasteiger partial charge is 0.284 e. The predicted molar refractivity (Wildman–Crippen MR) is 94.8 cm³/mol. The summed E-state index contributed by atoms with van der Waals surface area (Å²) >= 11 is 5.94. The molecule has 6 heteroatoms. The van der Waals surface area contributed by atoms with E-state index in [1.807, 2.05) is 16.8 Å². The van der Waals surface area contributed by atoms with Gasteiger partial charge in [0, 0.05) is 17.9 Å². The zero-order chi connectivity index (χ0) is 17.1. The fraction of sp³-hybridized carbons (Fsp3) is 0.158. The maximum Gasteiger partial charge on any atom is 0.344 e. The maximum atomic E-state index is 14.5. The summed E-state index contributed by atoms with van der Waals surface area (Å²) in [5, 5.41) is 4.93. The van der Waals surface area contributed by atoms with Gasteiger partial charge in [-0.2, -0.15) is 4.57 Å². The average molecular weight is 355 g/mol. The van der Waals surface area contributed by atoms with Gasteiger partial charge in [0.25, 0.3) is 5.52 Å².